The van der Waals surface area contributed by atoms with Crippen molar-refractivity contribution >= 4 is 46.8 Å². The molecule has 28 heavy (non-hydrogen) atoms. The van der Waals surface area contributed by atoms with Gasteiger partial charge < -0.3 is 5.32 Å². The lowest BCUT2D eigenvalue weighted by atomic mass is 10.2. The SMILES string of the molecule is Cc1nn(Cc2ccc(Cl)cc2)c(Cl)c1/C=C/C(=O)NCc1ccc(Cl)nc1. The van der Waals surface area contributed by atoms with Crippen molar-refractivity contribution in [2.75, 3.05) is 0 Å². The van der Waals surface area contributed by atoms with E-state index in [-0.39, 0.29) is 5.91 Å². The number of hydrogen-bond acceptors (Lipinski definition) is 3. The van der Waals surface area contributed by atoms with Gasteiger partial charge in [-0.3, -0.25) is 4.79 Å². The normalized spacial score (nSPS) is 11.1. The third-order valence-corrected chi connectivity index (χ3v) is 4.89. The van der Waals surface area contributed by atoms with Gasteiger partial charge in [0, 0.05) is 29.4 Å². The van der Waals surface area contributed by atoms with Crippen LogP contribution in [0.1, 0.15) is 22.4 Å². The fourth-order valence-corrected chi connectivity index (χ4v) is 3.08. The molecule has 0 aliphatic carbocycles. The number of carbonyl (C=O) groups is 1. The van der Waals surface area contributed by atoms with Gasteiger partial charge in [-0.25, -0.2) is 9.67 Å². The molecule has 0 atom stereocenters. The van der Waals surface area contributed by atoms with Gasteiger partial charge in [0.15, 0.2) is 0 Å². The number of benzene rings is 1. The fourth-order valence-electron chi connectivity index (χ4n) is 2.54. The first-order valence-electron chi connectivity index (χ1n) is 8.46. The van der Waals surface area contributed by atoms with Crippen molar-refractivity contribution in [3.05, 3.63) is 86.4 Å². The molecule has 0 unspecified atom stereocenters. The molecule has 8 heteroatoms. The van der Waals surface area contributed by atoms with Crippen LogP contribution in [0.2, 0.25) is 15.3 Å². The van der Waals surface area contributed by atoms with E-state index in [1.54, 1.807) is 29.1 Å². The van der Waals surface area contributed by atoms with Crippen LogP contribution in [-0.4, -0.2) is 20.7 Å². The first-order valence-corrected chi connectivity index (χ1v) is 9.59. The van der Waals surface area contributed by atoms with Crippen molar-refractivity contribution in [2.45, 2.75) is 20.0 Å². The van der Waals surface area contributed by atoms with Crippen LogP contribution in [0, 0.1) is 6.92 Å². The number of pyridine rings is 1. The highest BCUT2D eigenvalue weighted by atomic mass is 35.5. The maximum Gasteiger partial charge on any atom is 0.244 e. The Balaban J connectivity index is 1.64. The lowest BCUT2D eigenvalue weighted by Gasteiger charge is -2.04. The molecule has 0 fully saturated rings. The molecule has 3 rings (SSSR count). The van der Waals surface area contributed by atoms with E-state index < -0.39 is 0 Å². The summed E-state index contributed by atoms with van der Waals surface area (Å²) in [6.45, 7) is 2.72. The summed E-state index contributed by atoms with van der Waals surface area (Å²) >= 11 is 18.1. The second kappa shape index (κ2) is 9.24. The van der Waals surface area contributed by atoms with Crippen LogP contribution in [0.4, 0.5) is 0 Å². The van der Waals surface area contributed by atoms with E-state index in [0.29, 0.717) is 34.0 Å². The third-order valence-electron chi connectivity index (χ3n) is 4.01. The molecular weight excluding hydrogens is 419 g/mol. The number of aromatic nitrogens is 3. The minimum absolute atomic E-state index is 0.240. The third kappa shape index (κ3) is 5.35. The van der Waals surface area contributed by atoms with Crippen molar-refractivity contribution in [3.8, 4) is 0 Å². The van der Waals surface area contributed by atoms with E-state index in [4.69, 9.17) is 34.8 Å². The Morgan fingerprint density at radius 3 is 2.50 bits per heavy atom. The smallest absolute Gasteiger partial charge is 0.244 e. The predicted molar refractivity (Wildman–Crippen MR) is 113 cm³/mol. The molecule has 0 bridgehead atoms. The molecule has 0 saturated heterocycles. The Bertz CT molecular complexity index is 996. The molecular formula is C20H17Cl3N4O. The van der Waals surface area contributed by atoms with E-state index in [2.05, 4.69) is 15.4 Å². The topological polar surface area (TPSA) is 59.8 Å². The summed E-state index contributed by atoms with van der Waals surface area (Å²) in [5.74, 6) is -0.240. The summed E-state index contributed by atoms with van der Waals surface area (Å²) in [5, 5.41) is 8.80. The largest absolute Gasteiger partial charge is 0.348 e. The predicted octanol–water partition coefficient (Wildman–Crippen LogP) is 4.92. The van der Waals surface area contributed by atoms with E-state index in [9.17, 15) is 4.79 Å². The van der Waals surface area contributed by atoms with E-state index in [1.165, 1.54) is 6.08 Å². The van der Waals surface area contributed by atoms with Gasteiger partial charge >= 0.3 is 0 Å². The summed E-state index contributed by atoms with van der Waals surface area (Å²) in [6.07, 6.45) is 4.72. The van der Waals surface area contributed by atoms with Gasteiger partial charge in [0.1, 0.15) is 10.3 Å². The number of halogens is 3. The van der Waals surface area contributed by atoms with Gasteiger partial charge in [-0.2, -0.15) is 5.10 Å². The molecule has 1 amide bonds. The van der Waals surface area contributed by atoms with Gasteiger partial charge in [0.2, 0.25) is 5.91 Å². The van der Waals surface area contributed by atoms with Crippen LogP contribution in [-0.2, 0) is 17.9 Å². The number of rotatable bonds is 6. The van der Waals surface area contributed by atoms with Gasteiger partial charge in [-0.15, -0.1) is 0 Å². The zero-order chi connectivity index (χ0) is 20.1. The molecule has 144 valence electrons. The summed E-state index contributed by atoms with van der Waals surface area (Å²) in [5.41, 5.74) is 3.33. The molecule has 0 spiro atoms. The molecule has 2 aromatic heterocycles. The second-order valence-corrected chi connectivity index (χ2v) is 7.30. The van der Waals surface area contributed by atoms with Crippen LogP contribution in [0.5, 0.6) is 0 Å². The van der Waals surface area contributed by atoms with Gasteiger partial charge in [0.25, 0.3) is 0 Å². The molecule has 0 aliphatic heterocycles. The van der Waals surface area contributed by atoms with Gasteiger partial charge in [-0.05, 0) is 42.3 Å². The molecule has 1 aromatic carbocycles. The highest BCUT2D eigenvalue weighted by Gasteiger charge is 2.12. The van der Waals surface area contributed by atoms with Crippen molar-refractivity contribution in [2.24, 2.45) is 0 Å². The van der Waals surface area contributed by atoms with Crippen LogP contribution in [0.15, 0.2) is 48.7 Å². The Kier molecular flexibility index (Phi) is 6.73. The lowest BCUT2D eigenvalue weighted by Crippen LogP contribution is -2.20. The molecule has 2 heterocycles. The number of carbonyl (C=O) groups excluding carboxylic acids is 1. The second-order valence-electron chi connectivity index (χ2n) is 6.11. The molecule has 0 radical (unpaired) electrons. The zero-order valence-electron chi connectivity index (χ0n) is 15.0. The average molecular weight is 436 g/mol. The Hall–Kier alpha value is -2.34. The van der Waals surface area contributed by atoms with Gasteiger partial charge in [-0.1, -0.05) is 53.0 Å². The van der Waals surface area contributed by atoms with Gasteiger partial charge in [0.05, 0.1) is 12.2 Å². The van der Waals surface area contributed by atoms with Crippen LogP contribution < -0.4 is 5.32 Å². The maximum atomic E-state index is 12.1. The van der Waals surface area contributed by atoms with E-state index in [1.807, 2.05) is 31.2 Å². The summed E-state index contributed by atoms with van der Waals surface area (Å²) in [6, 6.07) is 11.0. The van der Waals surface area contributed by atoms with E-state index >= 15 is 0 Å². The number of nitrogens with one attached hydrogen (secondary N) is 1. The quantitative estimate of drug-likeness (QED) is 0.441. The summed E-state index contributed by atoms with van der Waals surface area (Å²) < 4.78 is 1.69. The fraction of sp³-hybridized carbons (Fsp3) is 0.150. The maximum absolute atomic E-state index is 12.1. The first-order chi connectivity index (χ1) is 13.4. The first kappa shape index (κ1) is 20.4. The number of nitrogens with zero attached hydrogens (tertiary/aromatic N) is 3. The molecule has 5 nitrogen and oxygen atoms in total. The lowest BCUT2D eigenvalue weighted by molar-refractivity contribution is -0.116. The number of hydrogen-bond donors (Lipinski definition) is 1. The Morgan fingerprint density at radius 1 is 1.11 bits per heavy atom. The Labute approximate surface area is 177 Å². The monoisotopic (exact) mass is 434 g/mol. The summed E-state index contributed by atoms with van der Waals surface area (Å²) in [7, 11) is 0. The molecule has 1 N–H and O–H groups in total. The molecule has 0 saturated carbocycles. The molecule has 0 aliphatic rings. The Morgan fingerprint density at radius 2 is 1.82 bits per heavy atom. The van der Waals surface area contributed by atoms with Crippen LogP contribution in [0.25, 0.3) is 6.08 Å². The zero-order valence-corrected chi connectivity index (χ0v) is 17.3. The van der Waals surface area contributed by atoms with Crippen LogP contribution in [0.3, 0.4) is 0 Å². The summed E-state index contributed by atoms with van der Waals surface area (Å²) in [4.78, 5) is 16.1. The van der Waals surface area contributed by atoms with Crippen LogP contribution >= 0.6 is 34.8 Å². The highest BCUT2D eigenvalue weighted by Crippen LogP contribution is 2.22. The van der Waals surface area contributed by atoms with E-state index in [0.717, 1.165) is 16.8 Å². The van der Waals surface area contributed by atoms with Crippen molar-refractivity contribution in [1.29, 1.82) is 0 Å². The van der Waals surface area contributed by atoms with Crippen molar-refractivity contribution in [1.82, 2.24) is 20.1 Å². The average Bonchev–Trinajstić information content (AvgIpc) is 2.94. The number of amides is 1. The molecule has 3 aromatic rings. The standard InChI is InChI=1S/C20H17Cl3N4O/c1-13-17(7-9-19(28)25-11-15-4-8-18(22)24-10-15)20(23)27(26-13)12-14-2-5-16(21)6-3-14/h2-10H,11-12H2,1H3,(H,25,28)/b9-7+. The number of aryl methyl sites for hydroxylation is 1. The van der Waals surface area contributed by atoms with Crippen molar-refractivity contribution < 1.29 is 4.79 Å². The minimum Gasteiger partial charge on any atom is -0.348 e. The van der Waals surface area contributed by atoms with Crippen molar-refractivity contribution in [3.63, 3.8) is 0 Å². The highest BCUT2D eigenvalue weighted by molar-refractivity contribution is 6.31. The minimum atomic E-state index is -0.240.